The van der Waals surface area contributed by atoms with E-state index in [0.29, 0.717) is 18.5 Å². The SMILES string of the molecule is CN(C)CCC(=O)N1C2CCC1CC(O)C2. The molecule has 2 aliphatic heterocycles. The third kappa shape index (κ3) is 2.38. The first-order chi connectivity index (χ1) is 7.58. The molecular weight excluding hydrogens is 204 g/mol. The summed E-state index contributed by atoms with van der Waals surface area (Å²) in [6.07, 6.45) is 4.14. The molecule has 0 aromatic carbocycles. The molecule has 92 valence electrons. The number of rotatable bonds is 3. The van der Waals surface area contributed by atoms with Crippen LogP contribution < -0.4 is 0 Å². The molecule has 2 atom stereocenters. The zero-order chi connectivity index (χ0) is 11.7. The van der Waals surface area contributed by atoms with Gasteiger partial charge in [0.15, 0.2) is 0 Å². The first kappa shape index (κ1) is 11.9. The minimum absolute atomic E-state index is 0.185. The molecule has 0 aromatic heterocycles. The Balaban J connectivity index is 1.92. The summed E-state index contributed by atoms with van der Waals surface area (Å²) >= 11 is 0. The Morgan fingerprint density at radius 1 is 1.31 bits per heavy atom. The molecule has 16 heavy (non-hydrogen) atoms. The zero-order valence-corrected chi connectivity index (χ0v) is 10.2. The van der Waals surface area contributed by atoms with Crippen LogP contribution in [0.15, 0.2) is 0 Å². The lowest BCUT2D eigenvalue weighted by Gasteiger charge is -2.37. The largest absolute Gasteiger partial charge is 0.393 e. The van der Waals surface area contributed by atoms with Crippen LogP contribution in [-0.4, -0.2) is 59.6 Å². The summed E-state index contributed by atoms with van der Waals surface area (Å²) in [7, 11) is 3.98. The van der Waals surface area contributed by atoms with Crippen LogP contribution in [0.1, 0.15) is 32.1 Å². The molecule has 0 aromatic rings. The van der Waals surface area contributed by atoms with Gasteiger partial charge in [-0.3, -0.25) is 4.79 Å². The number of carbonyl (C=O) groups excluding carboxylic acids is 1. The highest BCUT2D eigenvalue weighted by Gasteiger charge is 2.42. The third-order valence-electron chi connectivity index (χ3n) is 3.77. The maximum Gasteiger partial charge on any atom is 0.224 e. The van der Waals surface area contributed by atoms with E-state index in [2.05, 4.69) is 4.90 Å². The summed E-state index contributed by atoms with van der Waals surface area (Å²) < 4.78 is 0. The van der Waals surface area contributed by atoms with E-state index in [1.54, 1.807) is 0 Å². The van der Waals surface area contributed by atoms with Crippen molar-refractivity contribution in [1.29, 1.82) is 0 Å². The van der Waals surface area contributed by atoms with E-state index in [-0.39, 0.29) is 12.0 Å². The van der Waals surface area contributed by atoms with Gasteiger partial charge in [-0.25, -0.2) is 0 Å². The summed E-state index contributed by atoms with van der Waals surface area (Å²) in [5.41, 5.74) is 0. The maximum atomic E-state index is 12.1. The quantitative estimate of drug-likeness (QED) is 0.760. The number of hydrogen-bond acceptors (Lipinski definition) is 3. The van der Waals surface area contributed by atoms with Crippen LogP contribution in [0.2, 0.25) is 0 Å². The molecule has 0 aliphatic carbocycles. The van der Waals surface area contributed by atoms with Crippen molar-refractivity contribution in [2.75, 3.05) is 20.6 Å². The minimum Gasteiger partial charge on any atom is -0.393 e. The molecule has 2 rings (SSSR count). The second-order valence-corrected chi connectivity index (χ2v) is 5.36. The molecule has 1 amide bonds. The number of nitrogens with zero attached hydrogens (tertiary/aromatic N) is 2. The fourth-order valence-corrected chi connectivity index (χ4v) is 3.00. The molecule has 2 aliphatic rings. The molecule has 2 fully saturated rings. The number of carbonyl (C=O) groups is 1. The fourth-order valence-electron chi connectivity index (χ4n) is 3.00. The van der Waals surface area contributed by atoms with E-state index in [9.17, 15) is 9.90 Å². The average molecular weight is 226 g/mol. The number of fused-ring (bicyclic) bond motifs is 2. The second kappa shape index (κ2) is 4.72. The minimum atomic E-state index is -0.185. The average Bonchev–Trinajstić information content (AvgIpc) is 2.48. The van der Waals surface area contributed by atoms with E-state index < -0.39 is 0 Å². The monoisotopic (exact) mass is 226 g/mol. The smallest absolute Gasteiger partial charge is 0.224 e. The van der Waals surface area contributed by atoms with Gasteiger partial charge in [0.1, 0.15) is 0 Å². The lowest BCUT2D eigenvalue weighted by Crippen LogP contribution is -2.48. The van der Waals surface area contributed by atoms with Gasteiger partial charge in [-0.15, -0.1) is 0 Å². The summed E-state index contributed by atoms with van der Waals surface area (Å²) in [5, 5.41) is 9.66. The standard InChI is InChI=1S/C12H22N2O2/c1-13(2)6-5-12(16)14-9-3-4-10(14)8-11(15)7-9/h9-11,15H,3-8H2,1-2H3. The number of amides is 1. The van der Waals surface area contributed by atoms with Gasteiger partial charge in [0.05, 0.1) is 6.10 Å². The molecule has 4 nitrogen and oxygen atoms in total. The molecule has 2 saturated heterocycles. The number of piperidine rings is 1. The Morgan fingerprint density at radius 2 is 1.88 bits per heavy atom. The van der Waals surface area contributed by atoms with Gasteiger partial charge in [0, 0.05) is 25.0 Å². The van der Waals surface area contributed by atoms with Crippen LogP contribution in [0.5, 0.6) is 0 Å². The Morgan fingerprint density at radius 3 is 2.38 bits per heavy atom. The fraction of sp³-hybridized carbons (Fsp3) is 0.917. The second-order valence-electron chi connectivity index (χ2n) is 5.36. The van der Waals surface area contributed by atoms with E-state index in [1.807, 2.05) is 19.0 Å². The Kier molecular flexibility index (Phi) is 3.50. The predicted octanol–water partition coefficient (Wildman–Crippen LogP) is 0.452. The van der Waals surface area contributed by atoms with Crippen LogP contribution in [0.4, 0.5) is 0 Å². The van der Waals surface area contributed by atoms with Crippen molar-refractivity contribution >= 4 is 5.91 Å². The van der Waals surface area contributed by atoms with Crippen molar-refractivity contribution in [1.82, 2.24) is 9.80 Å². The first-order valence-corrected chi connectivity index (χ1v) is 6.22. The lowest BCUT2D eigenvalue weighted by molar-refractivity contribution is -0.137. The summed E-state index contributed by atoms with van der Waals surface area (Å²) in [4.78, 5) is 16.2. The highest BCUT2D eigenvalue weighted by atomic mass is 16.3. The van der Waals surface area contributed by atoms with Gasteiger partial charge < -0.3 is 14.9 Å². The summed E-state index contributed by atoms with van der Waals surface area (Å²) in [6, 6.07) is 0.617. The van der Waals surface area contributed by atoms with E-state index in [0.717, 1.165) is 32.2 Å². The van der Waals surface area contributed by atoms with Crippen molar-refractivity contribution in [2.24, 2.45) is 0 Å². The maximum absolute atomic E-state index is 12.1. The Labute approximate surface area is 97.2 Å². The van der Waals surface area contributed by atoms with E-state index in [4.69, 9.17) is 0 Å². The highest BCUT2D eigenvalue weighted by Crippen LogP contribution is 2.35. The van der Waals surface area contributed by atoms with Gasteiger partial charge in [-0.05, 0) is 39.8 Å². The van der Waals surface area contributed by atoms with Crippen LogP contribution >= 0.6 is 0 Å². The van der Waals surface area contributed by atoms with Crippen LogP contribution in [-0.2, 0) is 4.79 Å². The Bertz CT molecular complexity index is 254. The lowest BCUT2D eigenvalue weighted by atomic mass is 9.99. The molecule has 4 heteroatoms. The van der Waals surface area contributed by atoms with Gasteiger partial charge >= 0.3 is 0 Å². The third-order valence-corrected chi connectivity index (χ3v) is 3.77. The van der Waals surface area contributed by atoms with Crippen molar-refractivity contribution in [3.05, 3.63) is 0 Å². The van der Waals surface area contributed by atoms with Crippen LogP contribution in [0.3, 0.4) is 0 Å². The van der Waals surface area contributed by atoms with Crippen molar-refractivity contribution in [3.8, 4) is 0 Å². The van der Waals surface area contributed by atoms with Gasteiger partial charge in [0.2, 0.25) is 5.91 Å². The highest BCUT2D eigenvalue weighted by molar-refractivity contribution is 5.77. The van der Waals surface area contributed by atoms with Crippen LogP contribution in [0, 0.1) is 0 Å². The number of aliphatic hydroxyl groups is 1. The first-order valence-electron chi connectivity index (χ1n) is 6.22. The molecule has 2 heterocycles. The van der Waals surface area contributed by atoms with Crippen molar-refractivity contribution < 1.29 is 9.90 Å². The van der Waals surface area contributed by atoms with Crippen LogP contribution in [0.25, 0.3) is 0 Å². The molecule has 0 saturated carbocycles. The summed E-state index contributed by atoms with van der Waals surface area (Å²) in [6.45, 7) is 0.817. The molecule has 2 bridgehead atoms. The molecule has 0 radical (unpaired) electrons. The topological polar surface area (TPSA) is 43.8 Å². The van der Waals surface area contributed by atoms with Gasteiger partial charge in [0.25, 0.3) is 0 Å². The van der Waals surface area contributed by atoms with E-state index >= 15 is 0 Å². The van der Waals surface area contributed by atoms with Crippen molar-refractivity contribution in [3.63, 3.8) is 0 Å². The normalized spacial score (nSPS) is 33.5. The van der Waals surface area contributed by atoms with E-state index in [1.165, 1.54) is 0 Å². The summed E-state index contributed by atoms with van der Waals surface area (Å²) in [5.74, 6) is 0.271. The predicted molar refractivity (Wildman–Crippen MR) is 62.1 cm³/mol. The number of aliphatic hydroxyl groups excluding tert-OH is 1. The molecule has 2 unspecified atom stereocenters. The molecule has 1 N–H and O–H groups in total. The number of hydrogen-bond donors (Lipinski definition) is 1. The zero-order valence-electron chi connectivity index (χ0n) is 10.2. The molecule has 0 spiro atoms. The van der Waals surface area contributed by atoms with Gasteiger partial charge in [-0.2, -0.15) is 0 Å². The molecular formula is C12H22N2O2. The van der Waals surface area contributed by atoms with Crippen molar-refractivity contribution in [2.45, 2.75) is 50.3 Å². The van der Waals surface area contributed by atoms with Gasteiger partial charge in [-0.1, -0.05) is 0 Å². The Hall–Kier alpha value is -0.610.